The second-order valence-electron chi connectivity index (χ2n) is 3.69. The van der Waals surface area contributed by atoms with Crippen molar-refractivity contribution < 1.29 is 4.79 Å². The summed E-state index contributed by atoms with van der Waals surface area (Å²) < 4.78 is 1.04. The van der Waals surface area contributed by atoms with Crippen molar-refractivity contribution in [2.24, 2.45) is 11.7 Å². The molecule has 88 valence electrons. The molecule has 0 saturated heterocycles. The number of halogens is 1. The minimum absolute atomic E-state index is 0.0217. The van der Waals surface area contributed by atoms with Gasteiger partial charge in [-0.3, -0.25) is 4.79 Å². The molecule has 0 radical (unpaired) electrons. The molecule has 3 nitrogen and oxygen atoms in total. The van der Waals surface area contributed by atoms with E-state index in [2.05, 4.69) is 34.8 Å². The smallest absolute Gasteiger partial charge is 0.228 e. The standard InChI is InChI=1S/C12H17IN2O/c1-2-5-9(8-14)12(16)15-11-7-4-3-6-10(11)13/h3-4,6-7,9H,2,5,8,14H2,1H3,(H,15,16). The molecule has 0 aliphatic rings. The largest absolute Gasteiger partial charge is 0.330 e. The van der Waals surface area contributed by atoms with Crippen LogP contribution in [-0.2, 0) is 4.79 Å². The van der Waals surface area contributed by atoms with Crippen LogP contribution in [0.1, 0.15) is 19.8 Å². The number of anilines is 1. The normalized spacial score (nSPS) is 12.2. The van der Waals surface area contributed by atoms with Gasteiger partial charge >= 0.3 is 0 Å². The predicted octanol–water partition coefficient (Wildman–Crippen LogP) is 2.60. The molecule has 0 saturated carbocycles. The molecule has 1 amide bonds. The fraction of sp³-hybridized carbons (Fsp3) is 0.417. The molecule has 0 bridgehead atoms. The van der Waals surface area contributed by atoms with Crippen molar-refractivity contribution >= 4 is 34.2 Å². The first kappa shape index (κ1) is 13.4. The minimum atomic E-state index is -0.0824. The van der Waals surface area contributed by atoms with Crippen molar-refractivity contribution in [2.45, 2.75) is 19.8 Å². The molecular formula is C12H17IN2O. The number of nitrogens with two attached hydrogens (primary N) is 1. The molecule has 0 fully saturated rings. The van der Waals surface area contributed by atoms with Gasteiger partial charge in [0.15, 0.2) is 0 Å². The number of hydrogen-bond acceptors (Lipinski definition) is 2. The second kappa shape index (κ2) is 6.85. The predicted molar refractivity (Wildman–Crippen MR) is 75.2 cm³/mol. The third-order valence-electron chi connectivity index (χ3n) is 2.42. The van der Waals surface area contributed by atoms with Gasteiger partial charge in [0.1, 0.15) is 0 Å². The van der Waals surface area contributed by atoms with Crippen molar-refractivity contribution in [2.75, 3.05) is 11.9 Å². The third kappa shape index (κ3) is 3.75. The lowest BCUT2D eigenvalue weighted by atomic mass is 10.0. The summed E-state index contributed by atoms with van der Waals surface area (Å²) in [5.74, 6) is -0.0607. The van der Waals surface area contributed by atoms with E-state index in [1.807, 2.05) is 24.3 Å². The van der Waals surface area contributed by atoms with Gasteiger partial charge in [-0.1, -0.05) is 25.5 Å². The number of hydrogen-bond donors (Lipinski definition) is 2. The Morgan fingerprint density at radius 2 is 2.19 bits per heavy atom. The molecule has 4 heteroatoms. The average molecular weight is 332 g/mol. The van der Waals surface area contributed by atoms with Crippen molar-refractivity contribution in [3.63, 3.8) is 0 Å². The number of para-hydroxylation sites is 1. The van der Waals surface area contributed by atoms with E-state index in [0.717, 1.165) is 22.1 Å². The topological polar surface area (TPSA) is 55.1 Å². The van der Waals surface area contributed by atoms with Gasteiger partial charge in [-0.15, -0.1) is 0 Å². The van der Waals surface area contributed by atoms with Crippen LogP contribution in [0.15, 0.2) is 24.3 Å². The maximum Gasteiger partial charge on any atom is 0.228 e. The molecule has 0 aromatic heterocycles. The summed E-state index contributed by atoms with van der Waals surface area (Å²) in [5.41, 5.74) is 6.45. The highest BCUT2D eigenvalue weighted by molar-refractivity contribution is 14.1. The highest BCUT2D eigenvalue weighted by Crippen LogP contribution is 2.18. The molecule has 0 aliphatic carbocycles. The summed E-state index contributed by atoms with van der Waals surface area (Å²) in [6.07, 6.45) is 1.81. The van der Waals surface area contributed by atoms with Crippen LogP contribution in [-0.4, -0.2) is 12.5 Å². The fourth-order valence-corrected chi connectivity index (χ4v) is 2.02. The third-order valence-corrected chi connectivity index (χ3v) is 3.36. The summed E-state index contributed by atoms with van der Waals surface area (Å²) in [6, 6.07) is 7.73. The van der Waals surface area contributed by atoms with Crippen molar-refractivity contribution in [3.8, 4) is 0 Å². The Labute approximate surface area is 110 Å². The van der Waals surface area contributed by atoms with Gasteiger partial charge in [-0.25, -0.2) is 0 Å². The first-order valence-electron chi connectivity index (χ1n) is 5.44. The lowest BCUT2D eigenvalue weighted by Gasteiger charge is -2.14. The van der Waals surface area contributed by atoms with Crippen LogP contribution in [0.4, 0.5) is 5.69 Å². The first-order valence-corrected chi connectivity index (χ1v) is 6.52. The summed E-state index contributed by atoms with van der Waals surface area (Å²) in [7, 11) is 0. The summed E-state index contributed by atoms with van der Waals surface area (Å²) in [5, 5.41) is 2.92. The van der Waals surface area contributed by atoms with Crippen LogP contribution in [0.5, 0.6) is 0 Å². The molecule has 0 heterocycles. The molecule has 1 aromatic rings. The van der Waals surface area contributed by atoms with E-state index in [1.165, 1.54) is 0 Å². The molecule has 16 heavy (non-hydrogen) atoms. The Hall–Kier alpha value is -0.620. The van der Waals surface area contributed by atoms with E-state index < -0.39 is 0 Å². The molecule has 0 aliphatic heterocycles. The fourth-order valence-electron chi connectivity index (χ4n) is 1.50. The second-order valence-corrected chi connectivity index (χ2v) is 4.85. The molecule has 1 aromatic carbocycles. The van der Waals surface area contributed by atoms with Gasteiger partial charge in [0, 0.05) is 10.1 Å². The maximum absolute atomic E-state index is 11.9. The zero-order valence-corrected chi connectivity index (χ0v) is 11.5. The Kier molecular flexibility index (Phi) is 5.76. The monoisotopic (exact) mass is 332 g/mol. The molecule has 0 spiro atoms. The van der Waals surface area contributed by atoms with Crippen molar-refractivity contribution in [1.29, 1.82) is 0 Å². The van der Waals surface area contributed by atoms with Gasteiger partial charge in [0.25, 0.3) is 0 Å². The Morgan fingerprint density at radius 1 is 1.50 bits per heavy atom. The Morgan fingerprint density at radius 3 is 2.75 bits per heavy atom. The zero-order valence-electron chi connectivity index (χ0n) is 9.37. The highest BCUT2D eigenvalue weighted by atomic mass is 127. The van der Waals surface area contributed by atoms with Gasteiger partial charge in [-0.2, -0.15) is 0 Å². The summed E-state index contributed by atoms with van der Waals surface area (Å²) >= 11 is 2.20. The molecule has 1 unspecified atom stereocenters. The molecule has 3 N–H and O–H groups in total. The van der Waals surface area contributed by atoms with Crippen molar-refractivity contribution in [3.05, 3.63) is 27.8 Å². The van der Waals surface area contributed by atoms with Gasteiger partial charge in [0.05, 0.1) is 11.6 Å². The van der Waals surface area contributed by atoms with Gasteiger partial charge in [-0.05, 0) is 41.1 Å². The quantitative estimate of drug-likeness (QED) is 0.815. The molecule has 1 atom stereocenters. The molecular weight excluding hydrogens is 315 g/mol. The number of amides is 1. The lowest BCUT2D eigenvalue weighted by molar-refractivity contribution is -0.119. The van der Waals surface area contributed by atoms with Gasteiger partial charge < -0.3 is 11.1 Å². The summed E-state index contributed by atoms with van der Waals surface area (Å²) in [4.78, 5) is 11.9. The number of carbonyl (C=O) groups excluding carboxylic acids is 1. The highest BCUT2D eigenvalue weighted by Gasteiger charge is 2.16. The Balaban J connectivity index is 2.66. The molecule has 1 rings (SSSR count). The number of rotatable bonds is 5. The van der Waals surface area contributed by atoms with Gasteiger partial charge in [0.2, 0.25) is 5.91 Å². The average Bonchev–Trinajstić information content (AvgIpc) is 2.29. The van der Waals surface area contributed by atoms with Crippen LogP contribution in [0.2, 0.25) is 0 Å². The van der Waals surface area contributed by atoms with E-state index in [0.29, 0.717) is 6.54 Å². The van der Waals surface area contributed by atoms with E-state index in [4.69, 9.17) is 5.73 Å². The number of carbonyl (C=O) groups is 1. The van der Waals surface area contributed by atoms with E-state index in [-0.39, 0.29) is 11.8 Å². The van der Waals surface area contributed by atoms with Crippen LogP contribution in [0, 0.1) is 9.49 Å². The first-order chi connectivity index (χ1) is 7.69. The minimum Gasteiger partial charge on any atom is -0.330 e. The zero-order chi connectivity index (χ0) is 12.0. The SMILES string of the molecule is CCCC(CN)C(=O)Nc1ccccc1I. The number of benzene rings is 1. The van der Waals surface area contributed by atoms with E-state index >= 15 is 0 Å². The van der Waals surface area contributed by atoms with Crippen LogP contribution in [0.25, 0.3) is 0 Å². The lowest BCUT2D eigenvalue weighted by Crippen LogP contribution is -2.29. The van der Waals surface area contributed by atoms with E-state index in [1.54, 1.807) is 0 Å². The van der Waals surface area contributed by atoms with Crippen LogP contribution >= 0.6 is 22.6 Å². The van der Waals surface area contributed by atoms with E-state index in [9.17, 15) is 4.79 Å². The maximum atomic E-state index is 11.9. The van der Waals surface area contributed by atoms with Crippen LogP contribution in [0.3, 0.4) is 0 Å². The number of nitrogens with one attached hydrogen (secondary N) is 1. The summed E-state index contributed by atoms with van der Waals surface area (Å²) in [6.45, 7) is 2.46. The van der Waals surface area contributed by atoms with Crippen LogP contribution < -0.4 is 11.1 Å². The van der Waals surface area contributed by atoms with Crippen molar-refractivity contribution in [1.82, 2.24) is 0 Å². The Bertz CT molecular complexity index is 355.